The molecule has 1 aromatic heterocycles. The molecule has 13 heavy (non-hydrogen) atoms. The molecule has 1 saturated carbocycles. The van der Waals surface area contributed by atoms with Gasteiger partial charge in [-0.05, 0) is 19.8 Å². The molecule has 1 aromatic rings. The van der Waals surface area contributed by atoms with Crippen molar-refractivity contribution < 1.29 is 14.3 Å². The molecule has 0 atom stereocenters. The molecule has 1 heterocycles. The average Bonchev–Trinajstić information content (AvgIpc) is 2.65. The normalized spacial score (nSPS) is 18.5. The lowest BCUT2D eigenvalue weighted by atomic mass is 10.0. The second-order valence-corrected chi connectivity index (χ2v) is 3.64. The van der Waals surface area contributed by atoms with E-state index in [1.54, 1.807) is 6.26 Å². The summed E-state index contributed by atoms with van der Waals surface area (Å²) in [6.45, 7) is 1.84. The number of carboxylic acids is 1. The molecule has 0 aromatic carbocycles. The number of nitrogens with zero attached hydrogens (tertiary/aromatic N) is 1. The number of hydrogen-bond donors (Lipinski definition) is 1. The largest absolute Gasteiger partial charge is 0.481 e. The van der Waals surface area contributed by atoms with Crippen LogP contribution in [0.1, 0.15) is 30.8 Å². The Bertz CT molecular complexity index is 338. The first-order valence-electron chi connectivity index (χ1n) is 4.27. The van der Waals surface area contributed by atoms with Gasteiger partial charge in [-0.2, -0.15) is 0 Å². The molecule has 0 aliphatic heterocycles. The van der Waals surface area contributed by atoms with Crippen LogP contribution in [0.4, 0.5) is 0 Å². The number of aliphatic carboxylic acids is 1. The van der Waals surface area contributed by atoms with Gasteiger partial charge in [-0.3, -0.25) is 4.79 Å². The molecule has 1 aliphatic rings. The first kappa shape index (κ1) is 8.29. The Morgan fingerprint density at radius 1 is 1.77 bits per heavy atom. The average molecular weight is 181 g/mol. The van der Waals surface area contributed by atoms with Gasteiger partial charge in [0.1, 0.15) is 6.26 Å². The van der Waals surface area contributed by atoms with Gasteiger partial charge in [-0.25, -0.2) is 4.98 Å². The number of carbonyl (C=O) groups is 1. The highest BCUT2D eigenvalue weighted by Crippen LogP contribution is 2.50. The summed E-state index contributed by atoms with van der Waals surface area (Å²) in [5.74, 6) is -0.194. The van der Waals surface area contributed by atoms with Gasteiger partial charge in [-0.15, -0.1) is 0 Å². The third kappa shape index (κ3) is 1.43. The van der Waals surface area contributed by atoms with Crippen LogP contribution in [0.3, 0.4) is 0 Å². The van der Waals surface area contributed by atoms with E-state index in [-0.39, 0.29) is 11.8 Å². The molecule has 0 saturated heterocycles. The number of hydrogen-bond acceptors (Lipinski definition) is 3. The summed E-state index contributed by atoms with van der Waals surface area (Å²) in [7, 11) is 0. The minimum Gasteiger partial charge on any atom is -0.481 e. The van der Waals surface area contributed by atoms with E-state index in [4.69, 9.17) is 9.52 Å². The van der Waals surface area contributed by atoms with Gasteiger partial charge in [0.2, 0.25) is 5.89 Å². The van der Waals surface area contributed by atoms with Crippen LogP contribution in [-0.4, -0.2) is 16.1 Å². The summed E-state index contributed by atoms with van der Waals surface area (Å²) >= 11 is 0. The van der Waals surface area contributed by atoms with Crippen LogP contribution in [0.5, 0.6) is 0 Å². The highest BCUT2D eigenvalue weighted by atomic mass is 16.4. The lowest BCUT2D eigenvalue weighted by molar-refractivity contribution is -0.137. The predicted octanol–water partition coefficient (Wildman–Crippen LogP) is 1.49. The number of carboxylic acid groups (broad SMARTS) is 1. The third-order valence-electron chi connectivity index (χ3n) is 2.42. The molecule has 70 valence electrons. The van der Waals surface area contributed by atoms with E-state index >= 15 is 0 Å². The van der Waals surface area contributed by atoms with Gasteiger partial charge in [0.25, 0.3) is 0 Å². The molecule has 0 amide bonds. The van der Waals surface area contributed by atoms with Crippen LogP contribution in [0.25, 0.3) is 0 Å². The van der Waals surface area contributed by atoms with E-state index in [2.05, 4.69) is 4.98 Å². The van der Waals surface area contributed by atoms with Crippen LogP contribution < -0.4 is 0 Å². The molecular weight excluding hydrogens is 170 g/mol. The maximum absolute atomic E-state index is 10.6. The van der Waals surface area contributed by atoms with Gasteiger partial charge in [0.05, 0.1) is 17.5 Å². The summed E-state index contributed by atoms with van der Waals surface area (Å²) < 4.78 is 5.22. The molecule has 4 nitrogen and oxygen atoms in total. The number of oxazole rings is 1. The molecule has 0 radical (unpaired) electrons. The zero-order valence-corrected chi connectivity index (χ0v) is 7.41. The lowest BCUT2D eigenvalue weighted by Crippen LogP contribution is -2.13. The molecule has 0 spiro atoms. The van der Waals surface area contributed by atoms with Gasteiger partial charge >= 0.3 is 5.97 Å². The summed E-state index contributed by atoms with van der Waals surface area (Å²) in [5.41, 5.74) is 0.520. The van der Waals surface area contributed by atoms with Crippen LogP contribution in [-0.2, 0) is 10.2 Å². The van der Waals surface area contributed by atoms with Gasteiger partial charge < -0.3 is 9.52 Å². The Labute approximate surface area is 75.6 Å². The second kappa shape index (κ2) is 2.58. The fourth-order valence-corrected chi connectivity index (χ4v) is 1.50. The summed E-state index contributed by atoms with van der Waals surface area (Å²) in [5, 5.41) is 8.69. The van der Waals surface area contributed by atoms with Crippen molar-refractivity contribution in [3.8, 4) is 0 Å². The Morgan fingerprint density at radius 2 is 2.46 bits per heavy atom. The van der Waals surface area contributed by atoms with Crippen molar-refractivity contribution >= 4 is 5.97 Å². The maximum atomic E-state index is 10.6. The van der Waals surface area contributed by atoms with E-state index < -0.39 is 5.97 Å². The standard InChI is InChI=1S/C9H11NO3/c1-6-5-13-8(10-6)9(2-3-9)4-7(11)12/h5H,2-4H2,1H3,(H,11,12). The minimum atomic E-state index is -0.784. The van der Waals surface area contributed by atoms with Crippen molar-refractivity contribution in [2.75, 3.05) is 0 Å². The molecule has 1 N–H and O–H groups in total. The Balaban J connectivity index is 2.20. The van der Waals surface area contributed by atoms with Crippen LogP contribution >= 0.6 is 0 Å². The zero-order valence-electron chi connectivity index (χ0n) is 7.41. The van der Waals surface area contributed by atoms with Gasteiger partial charge in [0, 0.05) is 0 Å². The van der Waals surface area contributed by atoms with Crippen LogP contribution in [0, 0.1) is 6.92 Å². The van der Waals surface area contributed by atoms with E-state index in [9.17, 15) is 4.79 Å². The van der Waals surface area contributed by atoms with Gasteiger partial charge in [-0.1, -0.05) is 0 Å². The first-order chi connectivity index (χ1) is 6.12. The van der Waals surface area contributed by atoms with E-state index in [1.807, 2.05) is 6.92 Å². The first-order valence-corrected chi connectivity index (χ1v) is 4.27. The van der Waals surface area contributed by atoms with E-state index in [0.717, 1.165) is 18.5 Å². The molecule has 4 heteroatoms. The number of rotatable bonds is 3. The second-order valence-electron chi connectivity index (χ2n) is 3.64. The molecule has 0 unspecified atom stereocenters. The van der Waals surface area contributed by atoms with Crippen LogP contribution in [0.2, 0.25) is 0 Å². The summed E-state index contributed by atoms with van der Waals surface area (Å²) in [6.07, 6.45) is 3.45. The Morgan fingerprint density at radius 3 is 2.85 bits per heavy atom. The summed E-state index contributed by atoms with van der Waals surface area (Å²) in [6, 6.07) is 0. The minimum absolute atomic E-state index is 0.132. The topological polar surface area (TPSA) is 63.3 Å². The summed E-state index contributed by atoms with van der Waals surface area (Å²) in [4.78, 5) is 14.7. The smallest absolute Gasteiger partial charge is 0.304 e. The third-order valence-corrected chi connectivity index (χ3v) is 2.42. The van der Waals surface area contributed by atoms with Crippen molar-refractivity contribution in [1.29, 1.82) is 0 Å². The van der Waals surface area contributed by atoms with Crippen LogP contribution in [0.15, 0.2) is 10.7 Å². The van der Waals surface area contributed by atoms with Crippen molar-refractivity contribution in [2.45, 2.75) is 31.6 Å². The van der Waals surface area contributed by atoms with E-state index in [1.165, 1.54) is 0 Å². The van der Waals surface area contributed by atoms with Crippen molar-refractivity contribution in [2.24, 2.45) is 0 Å². The van der Waals surface area contributed by atoms with Crippen molar-refractivity contribution in [3.63, 3.8) is 0 Å². The quantitative estimate of drug-likeness (QED) is 0.767. The molecule has 1 fully saturated rings. The number of aromatic nitrogens is 1. The number of aryl methyl sites for hydroxylation is 1. The van der Waals surface area contributed by atoms with Crippen molar-refractivity contribution in [1.82, 2.24) is 4.98 Å². The molecule has 2 rings (SSSR count). The van der Waals surface area contributed by atoms with E-state index in [0.29, 0.717) is 5.89 Å². The Hall–Kier alpha value is -1.32. The fraction of sp³-hybridized carbons (Fsp3) is 0.556. The van der Waals surface area contributed by atoms with Crippen molar-refractivity contribution in [3.05, 3.63) is 17.8 Å². The maximum Gasteiger partial charge on any atom is 0.304 e. The molecule has 1 aliphatic carbocycles. The molecular formula is C9H11NO3. The zero-order chi connectivity index (χ0) is 9.47. The fourth-order valence-electron chi connectivity index (χ4n) is 1.50. The monoisotopic (exact) mass is 181 g/mol. The SMILES string of the molecule is Cc1coc(C2(CC(=O)O)CC2)n1. The Kier molecular flexibility index (Phi) is 1.65. The predicted molar refractivity (Wildman–Crippen MR) is 44.4 cm³/mol. The van der Waals surface area contributed by atoms with Gasteiger partial charge in [0.15, 0.2) is 0 Å². The molecule has 0 bridgehead atoms. The highest BCUT2D eigenvalue weighted by molar-refractivity contribution is 5.69. The lowest BCUT2D eigenvalue weighted by Gasteiger charge is -2.05. The highest BCUT2D eigenvalue weighted by Gasteiger charge is 2.50.